The number of primary amides is 1. The van der Waals surface area contributed by atoms with E-state index >= 15 is 0 Å². The molecule has 5 heteroatoms. The van der Waals surface area contributed by atoms with Gasteiger partial charge in [-0.05, 0) is 40.5 Å². The molecule has 0 spiro atoms. The number of aldehydes is 1. The van der Waals surface area contributed by atoms with Crippen LogP contribution in [0.15, 0.2) is 22.7 Å². The van der Waals surface area contributed by atoms with Crippen molar-refractivity contribution in [3.63, 3.8) is 0 Å². The third kappa shape index (κ3) is 2.49. The molecule has 0 radical (unpaired) electrons. The maximum absolute atomic E-state index is 11.1. The summed E-state index contributed by atoms with van der Waals surface area (Å²) < 4.78 is 0.868. The van der Waals surface area contributed by atoms with Crippen LogP contribution in [0.3, 0.4) is 0 Å². The first-order valence-corrected chi connectivity index (χ1v) is 6.20. The van der Waals surface area contributed by atoms with Crippen molar-refractivity contribution in [2.75, 3.05) is 18.0 Å². The van der Waals surface area contributed by atoms with E-state index in [1.165, 1.54) is 0 Å². The maximum Gasteiger partial charge on any atom is 0.222 e. The predicted octanol–water partition coefficient (Wildman–Crippen LogP) is 1.57. The minimum Gasteiger partial charge on any atom is -0.370 e. The number of benzene rings is 1. The van der Waals surface area contributed by atoms with Gasteiger partial charge in [-0.2, -0.15) is 0 Å². The molecule has 0 bridgehead atoms. The molecule has 4 nitrogen and oxygen atoms in total. The molecular weight excluding hydrogens is 284 g/mol. The van der Waals surface area contributed by atoms with Gasteiger partial charge in [-0.3, -0.25) is 9.59 Å². The number of nitrogens with two attached hydrogens (primary N) is 1. The highest BCUT2D eigenvalue weighted by molar-refractivity contribution is 9.10. The lowest BCUT2D eigenvalue weighted by atomic mass is 10.1. The van der Waals surface area contributed by atoms with Gasteiger partial charge in [0.15, 0.2) is 0 Å². The van der Waals surface area contributed by atoms with Crippen molar-refractivity contribution in [2.45, 2.75) is 6.42 Å². The Morgan fingerprint density at radius 1 is 1.53 bits per heavy atom. The van der Waals surface area contributed by atoms with E-state index in [2.05, 4.69) is 20.8 Å². The maximum atomic E-state index is 11.1. The van der Waals surface area contributed by atoms with Crippen molar-refractivity contribution >= 4 is 33.8 Å². The number of hydrogen-bond donors (Lipinski definition) is 1. The zero-order chi connectivity index (χ0) is 12.4. The Hall–Kier alpha value is -1.36. The van der Waals surface area contributed by atoms with E-state index in [1.807, 2.05) is 6.07 Å². The second kappa shape index (κ2) is 4.87. The molecule has 1 atom stereocenters. The van der Waals surface area contributed by atoms with Crippen LogP contribution in [-0.4, -0.2) is 25.3 Å². The molecule has 1 heterocycles. The van der Waals surface area contributed by atoms with Crippen molar-refractivity contribution in [1.29, 1.82) is 0 Å². The number of anilines is 1. The van der Waals surface area contributed by atoms with Crippen LogP contribution in [0, 0.1) is 5.92 Å². The van der Waals surface area contributed by atoms with Gasteiger partial charge >= 0.3 is 0 Å². The van der Waals surface area contributed by atoms with Gasteiger partial charge < -0.3 is 10.6 Å². The molecular formula is C12H13BrN2O2. The van der Waals surface area contributed by atoms with Gasteiger partial charge in [-0.1, -0.05) is 0 Å². The molecule has 0 aliphatic carbocycles. The van der Waals surface area contributed by atoms with Gasteiger partial charge in [0.25, 0.3) is 0 Å². The largest absolute Gasteiger partial charge is 0.370 e. The lowest BCUT2D eigenvalue weighted by molar-refractivity contribution is -0.121. The first-order chi connectivity index (χ1) is 8.11. The molecule has 0 saturated carbocycles. The van der Waals surface area contributed by atoms with E-state index in [4.69, 9.17) is 5.73 Å². The number of nitrogens with zero attached hydrogens (tertiary/aromatic N) is 1. The summed E-state index contributed by atoms with van der Waals surface area (Å²) in [6.07, 6.45) is 1.60. The highest BCUT2D eigenvalue weighted by Crippen LogP contribution is 2.31. The van der Waals surface area contributed by atoms with Crippen LogP contribution < -0.4 is 10.6 Å². The Morgan fingerprint density at radius 2 is 2.29 bits per heavy atom. The monoisotopic (exact) mass is 296 g/mol. The fourth-order valence-electron chi connectivity index (χ4n) is 2.06. The quantitative estimate of drug-likeness (QED) is 0.861. The lowest BCUT2D eigenvalue weighted by Gasteiger charge is -2.19. The van der Waals surface area contributed by atoms with Gasteiger partial charge in [-0.25, -0.2) is 0 Å². The van der Waals surface area contributed by atoms with Crippen LogP contribution in [0.25, 0.3) is 0 Å². The first kappa shape index (κ1) is 12.1. The van der Waals surface area contributed by atoms with Crippen LogP contribution >= 0.6 is 15.9 Å². The van der Waals surface area contributed by atoms with Crippen LogP contribution in [0.2, 0.25) is 0 Å². The van der Waals surface area contributed by atoms with E-state index in [1.54, 1.807) is 12.1 Å². The van der Waals surface area contributed by atoms with Crippen molar-refractivity contribution in [2.24, 2.45) is 11.7 Å². The number of amides is 1. The van der Waals surface area contributed by atoms with Crippen LogP contribution in [0.1, 0.15) is 16.8 Å². The molecule has 90 valence electrons. The Bertz CT molecular complexity index is 462. The summed E-state index contributed by atoms with van der Waals surface area (Å²) in [4.78, 5) is 23.8. The van der Waals surface area contributed by atoms with E-state index in [0.717, 1.165) is 29.4 Å². The third-order valence-corrected chi connectivity index (χ3v) is 3.67. The Labute approximate surface area is 108 Å². The third-order valence-electron chi connectivity index (χ3n) is 3.04. The molecule has 1 fully saturated rings. The molecule has 1 saturated heterocycles. The summed E-state index contributed by atoms with van der Waals surface area (Å²) in [6.45, 7) is 1.46. The fraction of sp³-hybridized carbons (Fsp3) is 0.333. The highest BCUT2D eigenvalue weighted by atomic mass is 79.9. The minimum absolute atomic E-state index is 0.0763. The first-order valence-electron chi connectivity index (χ1n) is 5.41. The van der Waals surface area contributed by atoms with Crippen molar-refractivity contribution in [1.82, 2.24) is 0 Å². The standard InChI is InChI=1S/C12H13BrN2O2/c13-10-5-8(7-16)1-2-11(10)15-4-3-9(6-15)12(14)17/h1-2,5,7,9H,3-4,6H2,(H2,14,17). The van der Waals surface area contributed by atoms with E-state index in [0.29, 0.717) is 12.1 Å². The minimum atomic E-state index is -0.242. The fourth-order valence-corrected chi connectivity index (χ4v) is 2.71. The Balaban J connectivity index is 2.19. The van der Waals surface area contributed by atoms with E-state index in [-0.39, 0.29) is 11.8 Å². The Morgan fingerprint density at radius 3 is 2.82 bits per heavy atom. The molecule has 1 aromatic rings. The molecule has 17 heavy (non-hydrogen) atoms. The molecule has 1 unspecified atom stereocenters. The zero-order valence-electron chi connectivity index (χ0n) is 9.23. The van der Waals surface area contributed by atoms with Crippen LogP contribution in [0.4, 0.5) is 5.69 Å². The summed E-state index contributed by atoms with van der Waals surface area (Å²) >= 11 is 3.44. The second-order valence-electron chi connectivity index (χ2n) is 4.16. The summed E-state index contributed by atoms with van der Waals surface area (Å²) in [5.41, 5.74) is 6.93. The van der Waals surface area contributed by atoms with Gasteiger partial charge in [0.2, 0.25) is 5.91 Å². The average Bonchev–Trinajstić information content (AvgIpc) is 2.78. The molecule has 2 N–H and O–H groups in total. The summed E-state index contributed by atoms with van der Waals surface area (Å²) in [7, 11) is 0. The van der Waals surface area contributed by atoms with Crippen molar-refractivity contribution in [3.05, 3.63) is 28.2 Å². The second-order valence-corrected chi connectivity index (χ2v) is 5.02. The van der Waals surface area contributed by atoms with Crippen LogP contribution in [0.5, 0.6) is 0 Å². The van der Waals surface area contributed by atoms with Gasteiger partial charge in [0, 0.05) is 23.1 Å². The van der Waals surface area contributed by atoms with E-state index < -0.39 is 0 Å². The van der Waals surface area contributed by atoms with Gasteiger partial charge in [0.05, 0.1) is 11.6 Å². The predicted molar refractivity (Wildman–Crippen MR) is 69.0 cm³/mol. The molecule has 2 rings (SSSR count). The Kier molecular flexibility index (Phi) is 3.47. The van der Waals surface area contributed by atoms with Gasteiger partial charge in [-0.15, -0.1) is 0 Å². The van der Waals surface area contributed by atoms with Gasteiger partial charge in [0.1, 0.15) is 6.29 Å². The number of carbonyl (C=O) groups is 2. The van der Waals surface area contributed by atoms with E-state index in [9.17, 15) is 9.59 Å². The number of carbonyl (C=O) groups excluding carboxylic acids is 2. The van der Waals surface area contributed by atoms with Crippen LogP contribution in [-0.2, 0) is 4.79 Å². The highest BCUT2D eigenvalue weighted by Gasteiger charge is 2.27. The zero-order valence-corrected chi connectivity index (χ0v) is 10.8. The SMILES string of the molecule is NC(=O)C1CCN(c2ccc(C=O)cc2Br)C1. The topological polar surface area (TPSA) is 63.4 Å². The van der Waals surface area contributed by atoms with Crippen molar-refractivity contribution < 1.29 is 9.59 Å². The summed E-state index contributed by atoms with van der Waals surface area (Å²) in [5.74, 6) is -0.319. The molecule has 0 aromatic heterocycles. The molecule has 1 amide bonds. The van der Waals surface area contributed by atoms with Crippen molar-refractivity contribution in [3.8, 4) is 0 Å². The normalized spacial score (nSPS) is 19.4. The number of rotatable bonds is 3. The number of halogens is 1. The smallest absolute Gasteiger partial charge is 0.222 e. The lowest BCUT2D eigenvalue weighted by Crippen LogP contribution is -2.27. The summed E-state index contributed by atoms with van der Waals surface area (Å²) in [5, 5.41) is 0. The molecule has 1 aromatic carbocycles. The average molecular weight is 297 g/mol. The summed E-state index contributed by atoms with van der Waals surface area (Å²) in [6, 6.07) is 5.43. The molecule has 1 aliphatic rings. The number of hydrogen-bond acceptors (Lipinski definition) is 3. The molecule has 1 aliphatic heterocycles.